The minimum absolute atomic E-state index is 0.0748. The number of nitrogens with one attached hydrogen (secondary N) is 1. The number of aryl methyl sites for hydroxylation is 1. The van der Waals surface area contributed by atoms with Crippen LogP contribution < -0.4 is 10.1 Å². The Morgan fingerprint density at radius 2 is 1.88 bits per heavy atom. The van der Waals surface area contributed by atoms with Crippen molar-refractivity contribution in [2.75, 3.05) is 0 Å². The quantitative estimate of drug-likeness (QED) is 0.771. The van der Waals surface area contributed by atoms with Crippen LogP contribution in [0.2, 0.25) is 0 Å². The summed E-state index contributed by atoms with van der Waals surface area (Å²) < 4.78 is 30.4. The SMILES string of the molecule is Cc1nnc2ccc(C(=O)N[C@H](C)c3ccc(OC(F)F)cc3)cn12. The molecule has 8 heteroatoms. The van der Waals surface area contributed by atoms with E-state index in [4.69, 9.17) is 0 Å². The van der Waals surface area contributed by atoms with Gasteiger partial charge in [0.1, 0.15) is 11.6 Å². The third-order valence-electron chi connectivity index (χ3n) is 3.79. The van der Waals surface area contributed by atoms with Gasteiger partial charge in [-0.2, -0.15) is 8.78 Å². The standard InChI is InChI=1S/C17H16F2N4O2/c1-10(12-3-6-14(7-4-12)25-17(18)19)20-16(24)13-5-8-15-22-21-11(2)23(15)9-13/h3-10,17H,1-2H3,(H,20,24)/t10-/m1/s1. The van der Waals surface area contributed by atoms with Gasteiger partial charge in [0.05, 0.1) is 11.6 Å². The zero-order valence-electron chi connectivity index (χ0n) is 13.6. The van der Waals surface area contributed by atoms with Gasteiger partial charge in [0.15, 0.2) is 5.65 Å². The molecule has 6 nitrogen and oxygen atoms in total. The normalized spacial score (nSPS) is 12.4. The van der Waals surface area contributed by atoms with Gasteiger partial charge in [0.2, 0.25) is 0 Å². The number of benzene rings is 1. The summed E-state index contributed by atoms with van der Waals surface area (Å²) in [5.74, 6) is 0.508. The van der Waals surface area contributed by atoms with Gasteiger partial charge in [-0.05, 0) is 43.7 Å². The third-order valence-corrected chi connectivity index (χ3v) is 3.79. The molecule has 3 aromatic rings. The number of hydrogen-bond acceptors (Lipinski definition) is 4. The van der Waals surface area contributed by atoms with Crippen molar-refractivity contribution in [1.82, 2.24) is 19.9 Å². The van der Waals surface area contributed by atoms with Crippen LogP contribution in [0.25, 0.3) is 5.65 Å². The molecule has 2 heterocycles. The van der Waals surface area contributed by atoms with E-state index in [1.165, 1.54) is 12.1 Å². The highest BCUT2D eigenvalue weighted by Gasteiger charge is 2.13. The molecule has 0 unspecified atom stereocenters. The zero-order valence-corrected chi connectivity index (χ0v) is 13.6. The van der Waals surface area contributed by atoms with Gasteiger partial charge in [-0.3, -0.25) is 9.20 Å². The number of amides is 1. The van der Waals surface area contributed by atoms with Crippen LogP contribution in [-0.4, -0.2) is 27.1 Å². The highest BCUT2D eigenvalue weighted by atomic mass is 19.3. The summed E-state index contributed by atoms with van der Waals surface area (Å²) in [6, 6.07) is 9.24. The predicted octanol–water partition coefficient (Wildman–Crippen LogP) is 3.13. The van der Waals surface area contributed by atoms with Crippen LogP contribution in [-0.2, 0) is 0 Å². The largest absolute Gasteiger partial charge is 0.435 e. The number of aromatic nitrogens is 3. The number of hydrogen-bond donors (Lipinski definition) is 1. The average Bonchev–Trinajstić information content (AvgIpc) is 2.95. The smallest absolute Gasteiger partial charge is 0.387 e. The number of nitrogens with zero attached hydrogens (tertiary/aromatic N) is 3. The number of carbonyl (C=O) groups is 1. The van der Waals surface area contributed by atoms with E-state index < -0.39 is 6.61 Å². The third kappa shape index (κ3) is 3.73. The van der Waals surface area contributed by atoms with Crippen LogP contribution >= 0.6 is 0 Å². The van der Waals surface area contributed by atoms with Crippen molar-refractivity contribution in [3.05, 3.63) is 59.5 Å². The molecule has 1 atom stereocenters. The molecule has 0 aliphatic rings. The van der Waals surface area contributed by atoms with Crippen LogP contribution in [0.4, 0.5) is 8.78 Å². The molecule has 0 aliphatic carbocycles. The van der Waals surface area contributed by atoms with Gasteiger partial charge in [0, 0.05) is 6.20 Å². The van der Waals surface area contributed by atoms with Crippen molar-refractivity contribution in [3.63, 3.8) is 0 Å². The molecule has 0 bridgehead atoms. The van der Waals surface area contributed by atoms with E-state index in [2.05, 4.69) is 20.3 Å². The maximum atomic E-state index is 12.4. The second-order valence-electron chi connectivity index (χ2n) is 5.54. The molecule has 1 aromatic carbocycles. The van der Waals surface area contributed by atoms with E-state index in [0.29, 0.717) is 17.0 Å². The molecule has 0 spiro atoms. The predicted molar refractivity (Wildman–Crippen MR) is 86.7 cm³/mol. The Hall–Kier alpha value is -3.03. The van der Waals surface area contributed by atoms with Gasteiger partial charge in [0.25, 0.3) is 5.91 Å². The molecule has 25 heavy (non-hydrogen) atoms. The zero-order chi connectivity index (χ0) is 18.0. The topological polar surface area (TPSA) is 68.5 Å². The summed E-state index contributed by atoms with van der Waals surface area (Å²) in [5.41, 5.74) is 1.91. The first-order valence-corrected chi connectivity index (χ1v) is 7.61. The van der Waals surface area contributed by atoms with Gasteiger partial charge in [-0.25, -0.2) is 0 Å². The first-order valence-electron chi connectivity index (χ1n) is 7.61. The van der Waals surface area contributed by atoms with Crippen molar-refractivity contribution in [2.45, 2.75) is 26.5 Å². The van der Waals surface area contributed by atoms with E-state index in [0.717, 1.165) is 5.56 Å². The number of alkyl halides is 2. The molecule has 0 radical (unpaired) electrons. The summed E-state index contributed by atoms with van der Waals surface area (Å²) in [5, 5.41) is 10.8. The van der Waals surface area contributed by atoms with E-state index in [1.807, 2.05) is 6.92 Å². The second-order valence-corrected chi connectivity index (χ2v) is 5.54. The Kier molecular flexibility index (Phi) is 4.60. The van der Waals surface area contributed by atoms with Crippen LogP contribution in [0.3, 0.4) is 0 Å². The summed E-state index contributed by atoms with van der Waals surface area (Å²) in [6.07, 6.45) is 1.67. The minimum atomic E-state index is -2.86. The maximum absolute atomic E-state index is 12.4. The lowest BCUT2D eigenvalue weighted by Gasteiger charge is -2.15. The Morgan fingerprint density at radius 1 is 1.16 bits per heavy atom. The lowest BCUT2D eigenvalue weighted by atomic mass is 10.1. The first-order chi connectivity index (χ1) is 11.9. The van der Waals surface area contributed by atoms with Crippen molar-refractivity contribution < 1.29 is 18.3 Å². The molecule has 0 saturated carbocycles. The highest BCUT2D eigenvalue weighted by Crippen LogP contribution is 2.19. The van der Waals surface area contributed by atoms with E-state index in [9.17, 15) is 13.6 Å². The Balaban J connectivity index is 1.71. The highest BCUT2D eigenvalue weighted by molar-refractivity contribution is 5.94. The number of fused-ring (bicyclic) bond motifs is 1. The van der Waals surface area contributed by atoms with Crippen molar-refractivity contribution >= 4 is 11.6 Å². The van der Waals surface area contributed by atoms with Crippen molar-refractivity contribution in [1.29, 1.82) is 0 Å². The number of pyridine rings is 1. The molecule has 2 aromatic heterocycles. The van der Waals surface area contributed by atoms with Gasteiger partial charge in [-0.15, -0.1) is 10.2 Å². The Morgan fingerprint density at radius 3 is 2.56 bits per heavy atom. The summed E-state index contributed by atoms with van der Waals surface area (Å²) in [7, 11) is 0. The lowest BCUT2D eigenvalue weighted by molar-refractivity contribution is -0.0498. The van der Waals surface area contributed by atoms with Crippen LogP contribution in [0, 0.1) is 6.92 Å². The van der Waals surface area contributed by atoms with Gasteiger partial charge < -0.3 is 10.1 Å². The average molecular weight is 346 g/mol. The molecule has 130 valence electrons. The molecule has 1 amide bonds. The van der Waals surface area contributed by atoms with Gasteiger partial charge >= 0.3 is 6.61 Å². The van der Waals surface area contributed by atoms with Gasteiger partial charge in [-0.1, -0.05) is 12.1 Å². The van der Waals surface area contributed by atoms with Crippen LogP contribution in [0.5, 0.6) is 5.75 Å². The second kappa shape index (κ2) is 6.84. The van der Waals surface area contributed by atoms with Crippen LogP contribution in [0.15, 0.2) is 42.6 Å². The van der Waals surface area contributed by atoms with Crippen molar-refractivity contribution in [3.8, 4) is 5.75 Å². The monoisotopic (exact) mass is 346 g/mol. The van der Waals surface area contributed by atoms with E-state index >= 15 is 0 Å². The molecular weight excluding hydrogens is 330 g/mol. The molecular formula is C17H16F2N4O2. The molecule has 1 N–H and O–H groups in total. The fraction of sp³-hybridized carbons (Fsp3) is 0.235. The summed E-state index contributed by atoms with van der Waals surface area (Å²) in [4.78, 5) is 12.4. The lowest BCUT2D eigenvalue weighted by Crippen LogP contribution is -2.26. The van der Waals surface area contributed by atoms with E-state index in [1.54, 1.807) is 41.8 Å². The van der Waals surface area contributed by atoms with Crippen LogP contribution in [0.1, 0.15) is 34.7 Å². The van der Waals surface area contributed by atoms with Crippen molar-refractivity contribution in [2.24, 2.45) is 0 Å². The number of rotatable bonds is 5. The fourth-order valence-corrected chi connectivity index (χ4v) is 2.44. The fourth-order valence-electron chi connectivity index (χ4n) is 2.44. The number of ether oxygens (including phenoxy) is 1. The Bertz CT molecular complexity index is 893. The summed E-state index contributed by atoms with van der Waals surface area (Å²) in [6.45, 7) is 0.746. The first kappa shape index (κ1) is 16.8. The van der Waals surface area contributed by atoms with E-state index in [-0.39, 0.29) is 17.7 Å². The molecule has 0 saturated heterocycles. The molecule has 3 rings (SSSR count). The Labute approximate surface area is 142 Å². The molecule has 0 aliphatic heterocycles. The minimum Gasteiger partial charge on any atom is -0.435 e. The number of halogens is 2. The number of carbonyl (C=O) groups excluding carboxylic acids is 1. The molecule has 0 fully saturated rings. The summed E-state index contributed by atoms with van der Waals surface area (Å²) >= 11 is 0. The maximum Gasteiger partial charge on any atom is 0.387 e.